The molecule has 0 radical (unpaired) electrons. The van der Waals surface area contributed by atoms with Crippen molar-refractivity contribution < 1.29 is 0 Å². The van der Waals surface area contributed by atoms with Crippen LogP contribution in [0.1, 0.15) is 25.3 Å². The van der Waals surface area contributed by atoms with Gasteiger partial charge in [0.1, 0.15) is 0 Å². The number of hydrogen-bond acceptors (Lipinski definition) is 2. The maximum Gasteiger partial charge on any atom is 0.0949 e. The van der Waals surface area contributed by atoms with Crippen molar-refractivity contribution in [3.05, 3.63) is 18.7 Å². The molecule has 3 atom stereocenters. The van der Waals surface area contributed by atoms with Crippen LogP contribution in [0, 0.1) is 5.92 Å². The number of imidazole rings is 1. The maximum atomic E-state index is 4.16. The van der Waals surface area contributed by atoms with Gasteiger partial charge in [0, 0.05) is 24.5 Å². The molecule has 3 fully saturated rings. The fourth-order valence-corrected chi connectivity index (χ4v) is 3.95. The Labute approximate surface area is 83.7 Å². The van der Waals surface area contributed by atoms with Crippen molar-refractivity contribution in [2.24, 2.45) is 5.92 Å². The number of rotatable bonds is 1. The van der Waals surface area contributed by atoms with Crippen molar-refractivity contribution in [2.75, 3.05) is 13.1 Å². The first-order valence-corrected chi connectivity index (χ1v) is 5.64. The van der Waals surface area contributed by atoms with Gasteiger partial charge in [-0.25, -0.2) is 4.98 Å². The van der Waals surface area contributed by atoms with Crippen molar-refractivity contribution in [1.29, 1.82) is 0 Å². The molecule has 3 heteroatoms. The van der Waals surface area contributed by atoms with Crippen LogP contribution in [0.15, 0.2) is 18.7 Å². The summed E-state index contributed by atoms with van der Waals surface area (Å²) in [6.45, 7) is 2.60. The highest BCUT2D eigenvalue weighted by Gasteiger charge is 2.65. The second-order valence-corrected chi connectivity index (χ2v) is 4.99. The van der Waals surface area contributed by atoms with Gasteiger partial charge in [-0.2, -0.15) is 0 Å². The molecule has 3 heterocycles. The molecular formula is C11H15N3. The summed E-state index contributed by atoms with van der Waals surface area (Å²) in [6.07, 6.45) is 10.3. The van der Waals surface area contributed by atoms with Gasteiger partial charge >= 0.3 is 0 Å². The van der Waals surface area contributed by atoms with Crippen molar-refractivity contribution in [3.63, 3.8) is 0 Å². The molecule has 4 rings (SSSR count). The number of aromatic nitrogens is 2. The summed E-state index contributed by atoms with van der Waals surface area (Å²) in [5, 5.41) is 0. The van der Waals surface area contributed by atoms with Gasteiger partial charge in [0.25, 0.3) is 0 Å². The van der Waals surface area contributed by atoms with Gasteiger partial charge in [-0.15, -0.1) is 0 Å². The van der Waals surface area contributed by atoms with Crippen LogP contribution in [0.25, 0.3) is 0 Å². The van der Waals surface area contributed by atoms with Crippen LogP contribution < -0.4 is 0 Å². The minimum atomic E-state index is 0.570. The minimum absolute atomic E-state index is 0.570. The second-order valence-electron chi connectivity index (χ2n) is 4.99. The van der Waals surface area contributed by atoms with E-state index >= 15 is 0 Å². The molecule has 74 valence electrons. The third-order valence-electron chi connectivity index (χ3n) is 4.79. The molecule has 0 amide bonds. The third-order valence-corrected chi connectivity index (χ3v) is 4.79. The van der Waals surface area contributed by atoms with Crippen LogP contribution in [-0.2, 0) is 0 Å². The first-order valence-electron chi connectivity index (χ1n) is 5.64. The number of hydrogen-bond donors (Lipinski definition) is 0. The molecule has 0 bridgehead atoms. The lowest BCUT2D eigenvalue weighted by Crippen LogP contribution is -2.70. The van der Waals surface area contributed by atoms with Gasteiger partial charge < -0.3 is 4.57 Å². The zero-order valence-corrected chi connectivity index (χ0v) is 8.26. The summed E-state index contributed by atoms with van der Waals surface area (Å²) in [5.74, 6) is 0.989. The highest BCUT2D eigenvalue weighted by molar-refractivity contribution is 5.21. The summed E-state index contributed by atoms with van der Waals surface area (Å²) >= 11 is 0. The van der Waals surface area contributed by atoms with Gasteiger partial charge in [0.15, 0.2) is 0 Å². The predicted molar refractivity (Wildman–Crippen MR) is 52.9 cm³/mol. The van der Waals surface area contributed by atoms with Crippen molar-refractivity contribution >= 4 is 0 Å². The molecule has 14 heavy (non-hydrogen) atoms. The molecule has 1 spiro atoms. The van der Waals surface area contributed by atoms with Crippen LogP contribution >= 0.6 is 0 Å². The normalized spacial score (nSPS) is 45.1. The zero-order valence-electron chi connectivity index (χ0n) is 8.26. The fourth-order valence-electron chi connectivity index (χ4n) is 3.95. The van der Waals surface area contributed by atoms with Gasteiger partial charge in [-0.05, 0) is 31.7 Å². The van der Waals surface area contributed by atoms with Crippen molar-refractivity contribution in [1.82, 2.24) is 14.5 Å². The van der Waals surface area contributed by atoms with Gasteiger partial charge in [0.2, 0.25) is 0 Å². The van der Waals surface area contributed by atoms with Crippen LogP contribution in [0.3, 0.4) is 0 Å². The molecule has 0 aromatic carbocycles. The summed E-state index contributed by atoms with van der Waals surface area (Å²) < 4.78 is 2.33. The highest BCUT2D eigenvalue weighted by atomic mass is 15.4. The average molecular weight is 189 g/mol. The van der Waals surface area contributed by atoms with Crippen molar-refractivity contribution in [2.45, 2.75) is 30.8 Å². The molecule has 3 unspecified atom stereocenters. The maximum absolute atomic E-state index is 4.16. The Morgan fingerprint density at radius 2 is 2.36 bits per heavy atom. The van der Waals surface area contributed by atoms with E-state index in [0.717, 1.165) is 12.0 Å². The molecule has 2 saturated heterocycles. The Morgan fingerprint density at radius 3 is 3.00 bits per heavy atom. The summed E-state index contributed by atoms with van der Waals surface area (Å²) in [4.78, 5) is 6.86. The molecule has 0 N–H and O–H groups in total. The highest BCUT2D eigenvalue weighted by Crippen LogP contribution is 2.61. The van der Waals surface area contributed by atoms with E-state index in [2.05, 4.69) is 20.6 Å². The van der Waals surface area contributed by atoms with E-state index in [1.54, 1.807) is 0 Å². The molecule has 1 aliphatic carbocycles. The van der Waals surface area contributed by atoms with Gasteiger partial charge in [-0.3, -0.25) is 4.90 Å². The van der Waals surface area contributed by atoms with Crippen LogP contribution in [0.5, 0.6) is 0 Å². The summed E-state index contributed by atoms with van der Waals surface area (Å²) in [7, 11) is 0. The second kappa shape index (κ2) is 2.22. The lowest BCUT2D eigenvalue weighted by molar-refractivity contribution is -0.118. The average Bonchev–Trinajstić information content (AvgIpc) is 2.65. The molecule has 3 aliphatic rings. The standard InChI is InChI=1S/C11H15N3/c1-3-11-9(1)2-5-14(11)7-10(11)13-6-4-12-8-13/h4,6,8-10H,1-3,5,7H2. The van der Waals surface area contributed by atoms with Crippen molar-refractivity contribution in [3.8, 4) is 0 Å². The van der Waals surface area contributed by atoms with E-state index in [4.69, 9.17) is 0 Å². The molecule has 1 saturated carbocycles. The lowest BCUT2D eigenvalue weighted by Gasteiger charge is -2.63. The van der Waals surface area contributed by atoms with E-state index < -0.39 is 0 Å². The minimum Gasteiger partial charge on any atom is -0.331 e. The molecule has 3 nitrogen and oxygen atoms in total. The van der Waals surface area contributed by atoms with E-state index in [1.807, 2.05) is 12.5 Å². The van der Waals surface area contributed by atoms with E-state index in [9.17, 15) is 0 Å². The Bertz CT molecular complexity index is 351. The first kappa shape index (κ1) is 7.46. The molecule has 1 aromatic rings. The summed E-state index contributed by atoms with van der Waals surface area (Å²) in [6, 6.07) is 0.728. The predicted octanol–water partition coefficient (Wildman–Crippen LogP) is 1.29. The molecule has 1 aromatic heterocycles. The first-order chi connectivity index (χ1) is 6.91. The monoisotopic (exact) mass is 189 g/mol. The lowest BCUT2D eigenvalue weighted by atomic mass is 9.59. The zero-order chi connectivity index (χ0) is 9.17. The molecular weight excluding hydrogens is 174 g/mol. The Kier molecular flexibility index (Phi) is 1.18. The van der Waals surface area contributed by atoms with E-state index in [0.29, 0.717) is 5.54 Å². The largest absolute Gasteiger partial charge is 0.331 e. The smallest absolute Gasteiger partial charge is 0.0949 e. The fraction of sp³-hybridized carbons (Fsp3) is 0.727. The van der Waals surface area contributed by atoms with Crippen LogP contribution in [0.2, 0.25) is 0 Å². The Morgan fingerprint density at radius 1 is 1.36 bits per heavy atom. The number of nitrogens with zero attached hydrogens (tertiary/aromatic N) is 3. The van der Waals surface area contributed by atoms with Crippen LogP contribution in [0.4, 0.5) is 0 Å². The van der Waals surface area contributed by atoms with Crippen LogP contribution in [-0.4, -0.2) is 33.1 Å². The third kappa shape index (κ3) is 0.620. The summed E-state index contributed by atoms with van der Waals surface area (Å²) in [5.41, 5.74) is 0.570. The SMILES string of the molecule is c1cn(C2CN3CCC4CCC423)cn1. The quantitative estimate of drug-likeness (QED) is 0.664. The van der Waals surface area contributed by atoms with E-state index in [-0.39, 0.29) is 0 Å². The topological polar surface area (TPSA) is 21.1 Å². The molecule has 2 aliphatic heterocycles. The Balaban J connectivity index is 1.72. The Hall–Kier alpha value is -0.830. The van der Waals surface area contributed by atoms with Gasteiger partial charge in [0.05, 0.1) is 12.4 Å². The van der Waals surface area contributed by atoms with E-state index in [1.165, 1.54) is 32.4 Å². The van der Waals surface area contributed by atoms with Gasteiger partial charge in [-0.1, -0.05) is 0 Å².